The SMILES string of the molecule is CCNC(=NCc1ccc(Cl)cc1)NCC1CCCN1CC. The van der Waals surface area contributed by atoms with Crippen LogP contribution in [0.25, 0.3) is 0 Å². The molecule has 0 amide bonds. The number of guanidine groups is 1. The zero-order valence-electron chi connectivity index (χ0n) is 13.6. The second-order valence-electron chi connectivity index (χ2n) is 5.63. The summed E-state index contributed by atoms with van der Waals surface area (Å²) < 4.78 is 0. The standard InChI is InChI=1S/C17H27ClN4/c1-3-19-17(20-12-14-7-9-15(18)10-8-14)21-13-16-6-5-11-22(16)4-2/h7-10,16H,3-6,11-13H2,1-2H3,(H2,19,20,21). The quantitative estimate of drug-likeness (QED) is 0.625. The lowest BCUT2D eigenvalue weighted by Crippen LogP contribution is -2.44. The minimum Gasteiger partial charge on any atom is -0.357 e. The Kier molecular flexibility index (Phi) is 7.00. The maximum Gasteiger partial charge on any atom is 0.191 e. The Labute approximate surface area is 138 Å². The minimum atomic E-state index is 0.629. The van der Waals surface area contributed by atoms with Crippen LogP contribution in [-0.2, 0) is 6.54 Å². The highest BCUT2D eigenvalue weighted by Gasteiger charge is 2.22. The van der Waals surface area contributed by atoms with Crippen molar-refractivity contribution >= 4 is 17.6 Å². The van der Waals surface area contributed by atoms with Gasteiger partial charge in [-0.1, -0.05) is 30.7 Å². The van der Waals surface area contributed by atoms with E-state index in [1.807, 2.05) is 24.3 Å². The van der Waals surface area contributed by atoms with Crippen molar-refractivity contribution in [3.8, 4) is 0 Å². The van der Waals surface area contributed by atoms with Crippen LogP contribution in [0.1, 0.15) is 32.3 Å². The average molecular weight is 323 g/mol. The molecular formula is C17H27ClN4. The van der Waals surface area contributed by atoms with E-state index in [1.54, 1.807) is 0 Å². The van der Waals surface area contributed by atoms with E-state index < -0.39 is 0 Å². The van der Waals surface area contributed by atoms with Crippen LogP contribution >= 0.6 is 11.6 Å². The number of aliphatic imine (C=N–C) groups is 1. The van der Waals surface area contributed by atoms with Crippen molar-refractivity contribution in [3.63, 3.8) is 0 Å². The number of nitrogens with zero attached hydrogens (tertiary/aromatic N) is 2. The fourth-order valence-electron chi connectivity index (χ4n) is 2.86. The van der Waals surface area contributed by atoms with Gasteiger partial charge in [-0.25, -0.2) is 4.99 Å². The first-order chi connectivity index (χ1) is 10.7. The minimum absolute atomic E-state index is 0.629. The number of likely N-dealkylation sites (N-methyl/N-ethyl adjacent to an activating group) is 1. The molecule has 122 valence electrons. The topological polar surface area (TPSA) is 39.7 Å². The second-order valence-corrected chi connectivity index (χ2v) is 6.06. The number of hydrogen-bond acceptors (Lipinski definition) is 2. The smallest absolute Gasteiger partial charge is 0.191 e. The largest absolute Gasteiger partial charge is 0.357 e. The highest BCUT2D eigenvalue weighted by atomic mass is 35.5. The first-order valence-corrected chi connectivity index (χ1v) is 8.61. The van der Waals surface area contributed by atoms with Gasteiger partial charge in [0, 0.05) is 24.2 Å². The molecule has 2 N–H and O–H groups in total. The van der Waals surface area contributed by atoms with Crippen LogP contribution in [0.2, 0.25) is 5.02 Å². The molecule has 2 rings (SSSR count). The van der Waals surface area contributed by atoms with Crippen LogP contribution < -0.4 is 10.6 Å². The molecule has 1 atom stereocenters. The lowest BCUT2D eigenvalue weighted by Gasteiger charge is -2.24. The fraction of sp³-hybridized carbons (Fsp3) is 0.588. The molecule has 0 spiro atoms. The van der Waals surface area contributed by atoms with Gasteiger partial charge in [-0.15, -0.1) is 0 Å². The predicted molar refractivity (Wildman–Crippen MR) is 94.5 cm³/mol. The normalized spacial score (nSPS) is 19.4. The highest BCUT2D eigenvalue weighted by Crippen LogP contribution is 2.15. The van der Waals surface area contributed by atoms with Gasteiger partial charge in [-0.3, -0.25) is 4.90 Å². The van der Waals surface area contributed by atoms with E-state index in [2.05, 4.69) is 34.4 Å². The summed E-state index contributed by atoms with van der Waals surface area (Å²) in [6.45, 7) is 9.17. The van der Waals surface area contributed by atoms with Gasteiger partial charge in [0.05, 0.1) is 6.54 Å². The van der Waals surface area contributed by atoms with E-state index >= 15 is 0 Å². The third-order valence-corrected chi connectivity index (χ3v) is 4.34. The number of likely N-dealkylation sites (tertiary alicyclic amines) is 1. The van der Waals surface area contributed by atoms with E-state index in [-0.39, 0.29) is 0 Å². The molecule has 5 heteroatoms. The van der Waals surface area contributed by atoms with Gasteiger partial charge in [0.15, 0.2) is 5.96 Å². The predicted octanol–water partition coefficient (Wildman–Crippen LogP) is 2.88. The Morgan fingerprint density at radius 2 is 2.05 bits per heavy atom. The molecule has 0 bridgehead atoms. The van der Waals surface area contributed by atoms with E-state index in [4.69, 9.17) is 11.6 Å². The molecule has 1 aliphatic rings. The summed E-state index contributed by atoms with van der Waals surface area (Å²) in [4.78, 5) is 7.20. The van der Waals surface area contributed by atoms with E-state index in [1.165, 1.54) is 19.4 Å². The Morgan fingerprint density at radius 3 is 2.73 bits per heavy atom. The Morgan fingerprint density at radius 1 is 1.27 bits per heavy atom. The number of nitrogens with one attached hydrogen (secondary N) is 2. The van der Waals surface area contributed by atoms with E-state index in [0.717, 1.165) is 36.2 Å². The summed E-state index contributed by atoms with van der Waals surface area (Å²) in [5.41, 5.74) is 1.16. The maximum absolute atomic E-state index is 5.91. The lowest BCUT2D eigenvalue weighted by atomic mass is 10.2. The molecule has 4 nitrogen and oxygen atoms in total. The Balaban J connectivity index is 1.88. The molecule has 1 fully saturated rings. The summed E-state index contributed by atoms with van der Waals surface area (Å²) in [6.07, 6.45) is 2.58. The molecule has 1 saturated heterocycles. The number of rotatable bonds is 6. The number of halogens is 1. The number of benzene rings is 1. The van der Waals surface area contributed by atoms with Crippen molar-refractivity contribution < 1.29 is 0 Å². The van der Waals surface area contributed by atoms with Gasteiger partial charge in [-0.05, 0) is 50.6 Å². The molecule has 1 unspecified atom stereocenters. The van der Waals surface area contributed by atoms with Gasteiger partial charge in [0.2, 0.25) is 0 Å². The molecule has 1 aromatic rings. The van der Waals surface area contributed by atoms with Crippen LogP contribution in [0, 0.1) is 0 Å². The van der Waals surface area contributed by atoms with E-state index in [0.29, 0.717) is 12.6 Å². The first kappa shape index (κ1) is 17.1. The molecule has 0 aromatic heterocycles. The molecule has 0 aliphatic carbocycles. The molecule has 1 heterocycles. The van der Waals surface area contributed by atoms with Crippen molar-refractivity contribution in [2.24, 2.45) is 4.99 Å². The first-order valence-electron chi connectivity index (χ1n) is 8.23. The van der Waals surface area contributed by atoms with Crippen LogP contribution in [-0.4, -0.2) is 43.1 Å². The van der Waals surface area contributed by atoms with Crippen LogP contribution in [0.15, 0.2) is 29.3 Å². The third-order valence-electron chi connectivity index (χ3n) is 4.09. The Bertz CT molecular complexity index is 472. The summed E-state index contributed by atoms with van der Waals surface area (Å²) in [6, 6.07) is 8.48. The van der Waals surface area contributed by atoms with Crippen molar-refractivity contribution in [3.05, 3.63) is 34.9 Å². The summed E-state index contributed by atoms with van der Waals surface area (Å²) in [7, 11) is 0. The fourth-order valence-corrected chi connectivity index (χ4v) is 2.99. The second kappa shape index (κ2) is 9.01. The van der Waals surface area contributed by atoms with Gasteiger partial charge < -0.3 is 10.6 Å². The highest BCUT2D eigenvalue weighted by molar-refractivity contribution is 6.30. The molecule has 1 aromatic carbocycles. The van der Waals surface area contributed by atoms with Crippen LogP contribution in [0.4, 0.5) is 0 Å². The van der Waals surface area contributed by atoms with Crippen LogP contribution in [0.3, 0.4) is 0 Å². The van der Waals surface area contributed by atoms with Crippen molar-refractivity contribution in [1.82, 2.24) is 15.5 Å². The van der Waals surface area contributed by atoms with Crippen molar-refractivity contribution in [2.45, 2.75) is 39.3 Å². The van der Waals surface area contributed by atoms with Gasteiger partial charge in [0.1, 0.15) is 0 Å². The zero-order valence-corrected chi connectivity index (χ0v) is 14.4. The van der Waals surface area contributed by atoms with Gasteiger partial charge in [-0.2, -0.15) is 0 Å². The zero-order chi connectivity index (χ0) is 15.8. The van der Waals surface area contributed by atoms with Crippen molar-refractivity contribution in [2.75, 3.05) is 26.2 Å². The molecular weight excluding hydrogens is 296 g/mol. The monoisotopic (exact) mass is 322 g/mol. The van der Waals surface area contributed by atoms with E-state index in [9.17, 15) is 0 Å². The lowest BCUT2D eigenvalue weighted by molar-refractivity contribution is 0.267. The van der Waals surface area contributed by atoms with Crippen LogP contribution in [0.5, 0.6) is 0 Å². The van der Waals surface area contributed by atoms with Gasteiger partial charge >= 0.3 is 0 Å². The summed E-state index contributed by atoms with van der Waals surface area (Å²) >= 11 is 5.91. The molecule has 0 saturated carbocycles. The average Bonchev–Trinajstić information content (AvgIpc) is 2.99. The third kappa shape index (κ3) is 5.18. The number of hydrogen-bond donors (Lipinski definition) is 2. The molecule has 22 heavy (non-hydrogen) atoms. The summed E-state index contributed by atoms with van der Waals surface area (Å²) in [5.74, 6) is 0.889. The Hall–Kier alpha value is -1.26. The summed E-state index contributed by atoms with van der Waals surface area (Å²) in [5, 5.41) is 7.56. The van der Waals surface area contributed by atoms with Gasteiger partial charge in [0.25, 0.3) is 0 Å². The molecule has 1 aliphatic heterocycles. The maximum atomic E-state index is 5.91. The molecule has 0 radical (unpaired) electrons. The van der Waals surface area contributed by atoms with Crippen molar-refractivity contribution in [1.29, 1.82) is 0 Å².